The van der Waals surface area contributed by atoms with E-state index < -0.39 is 22.8 Å². The SMILES string of the molecule is CS(=O)(=O)N1CCCC(CNOCC(F)(F)F)C1. The molecule has 0 saturated carbocycles. The molecule has 1 rings (SSSR count). The second-order valence-electron chi connectivity index (χ2n) is 4.38. The Morgan fingerprint density at radius 2 is 2.11 bits per heavy atom. The maximum Gasteiger partial charge on any atom is 0.413 e. The van der Waals surface area contributed by atoms with Gasteiger partial charge < -0.3 is 0 Å². The zero-order valence-electron chi connectivity index (χ0n) is 10.0. The first-order chi connectivity index (χ1) is 8.18. The lowest BCUT2D eigenvalue weighted by molar-refractivity contribution is -0.190. The summed E-state index contributed by atoms with van der Waals surface area (Å²) in [7, 11) is -3.23. The average molecular weight is 290 g/mol. The first-order valence-corrected chi connectivity index (χ1v) is 7.40. The van der Waals surface area contributed by atoms with E-state index in [2.05, 4.69) is 10.3 Å². The Hall–Kier alpha value is -0.380. The summed E-state index contributed by atoms with van der Waals surface area (Å²) >= 11 is 0. The summed E-state index contributed by atoms with van der Waals surface area (Å²) in [5.74, 6) is -0.0262. The van der Waals surface area contributed by atoms with Crippen LogP contribution in [0.1, 0.15) is 12.8 Å². The molecule has 5 nitrogen and oxygen atoms in total. The Labute approximate surface area is 104 Å². The molecule has 108 valence electrons. The summed E-state index contributed by atoms with van der Waals surface area (Å²) in [5, 5.41) is 0. The fourth-order valence-corrected chi connectivity index (χ4v) is 2.75. The van der Waals surface area contributed by atoms with Crippen LogP contribution in [0.5, 0.6) is 0 Å². The van der Waals surface area contributed by atoms with E-state index in [9.17, 15) is 21.6 Å². The minimum absolute atomic E-state index is 0.0262. The van der Waals surface area contributed by atoms with Crippen molar-refractivity contribution >= 4 is 10.0 Å². The number of alkyl halides is 3. The molecular weight excluding hydrogens is 273 g/mol. The van der Waals surface area contributed by atoms with Gasteiger partial charge in [0.25, 0.3) is 0 Å². The molecule has 1 atom stereocenters. The minimum atomic E-state index is -4.36. The lowest BCUT2D eigenvalue weighted by Crippen LogP contribution is -2.42. The topological polar surface area (TPSA) is 58.6 Å². The Morgan fingerprint density at radius 3 is 2.67 bits per heavy atom. The van der Waals surface area contributed by atoms with E-state index in [1.165, 1.54) is 4.31 Å². The van der Waals surface area contributed by atoms with Crippen molar-refractivity contribution in [3.05, 3.63) is 0 Å². The van der Waals surface area contributed by atoms with E-state index in [1.54, 1.807) is 0 Å². The summed E-state index contributed by atoms with van der Waals surface area (Å²) in [6.07, 6.45) is -1.76. The number of halogens is 3. The van der Waals surface area contributed by atoms with Gasteiger partial charge in [-0.05, 0) is 18.8 Å². The number of hydrogen-bond acceptors (Lipinski definition) is 4. The van der Waals surface area contributed by atoms with Crippen LogP contribution < -0.4 is 5.48 Å². The summed E-state index contributed by atoms with van der Waals surface area (Å²) in [5.41, 5.74) is 2.24. The van der Waals surface area contributed by atoms with Gasteiger partial charge in [-0.2, -0.15) is 13.2 Å². The van der Waals surface area contributed by atoms with Crippen LogP contribution in [0.3, 0.4) is 0 Å². The second-order valence-corrected chi connectivity index (χ2v) is 6.36. The molecule has 0 aliphatic carbocycles. The Kier molecular flexibility index (Phi) is 5.38. The maximum absolute atomic E-state index is 11.8. The van der Waals surface area contributed by atoms with Gasteiger partial charge in [-0.3, -0.25) is 4.84 Å². The highest BCUT2D eigenvalue weighted by atomic mass is 32.2. The Morgan fingerprint density at radius 1 is 1.44 bits per heavy atom. The van der Waals surface area contributed by atoms with Crippen LogP contribution >= 0.6 is 0 Å². The predicted molar refractivity (Wildman–Crippen MR) is 59.2 cm³/mol. The molecule has 1 N–H and O–H groups in total. The molecule has 0 amide bonds. The van der Waals surface area contributed by atoms with Crippen LogP contribution in [0, 0.1) is 5.92 Å². The third-order valence-electron chi connectivity index (χ3n) is 2.66. The highest BCUT2D eigenvalue weighted by Gasteiger charge is 2.29. The molecule has 1 aliphatic heterocycles. The van der Waals surface area contributed by atoms with Gasteiger partial charge in [0, 0.05) is 19.6 Å². The molecule has 0 bridgehead atoms. The molecule has 1 saturated heterocycles. The van der Waals surface area contributed by atoms with E-state index in [1.807, 2.05) is 0 Å². The third-order valence-corrected chi connectivity index (χ3v) is 3.93. The summed E-state index contributed by atoms with van der Waals surface area (Å²) < 4.78 is 59.3. The number of nitrogens with zero attached hydrogens (tertiary/aromatic N) is 1. The molecule has 0 aromatic carbocycles. The molecular formula is C9H17F3N2O3S. The quantitative estimate of drug-likeness (QED) is 0.599. The van der Waals surface area contributed by atoms with Crippen molar-refractivity contribution in [3.63, 3.8) is 0 Å². The number of sulfonamides is 1. The highest BCUT2D eigenvalue weighted by molar-refractivity contribution is 7.88. The number of rotatable bonds is 5. The van der Waals surface area contributed by atoms with E-state index in [0.29, 0.717) is 19.5 Å². The van der Waals surface area contributed by atoms with E-state index in [4.69, 9.17) is 0 Å². The average Bonchev–Trinajstić information content (AvgIpc) is 2.22. The molecule has 9 heteroatoms. The van der Waals surface area contributed by atoms with Crippen LogP contribution in [0.15, 0.2) is 0 Å². The van der Waals surface area contributed by atoms with E-state index in [-0.39, 0.29) is 12.5 Å². The number of hydrogen-bond donors (Lipinski definition) is 1. The van der Waals surface area contributed by atoms with Crippen molar-refractivity contribution in [1.82, 2.24) is 9.79 Å². The molecule has 0 radical (unpaired) electrons. The monoisotopic (exact) mass is 290 g/mol. The van der Waals surface area contributed by atoms with Gasteiger partial charge in [0.05, 0.1) is 6.26 Å². The molecule has 0 spiro atoms. The first-order valence-electron chi connectivity index (χ1n) is 5.55. The zero-order chi connectivity index (χ0) is 13.8. The molecule has 1 heterocycles. The van der Waals surface area contributed by atoms with Crippen molar-refractivity contribution in [3.8, 4) is 0 Å². The fraction of sp³-hybridized carbons (Fsp3) is 1.00. The summed E-state index contributed by atoms with van der Waals surface area (Å²) in [6.45, 7) is -0.350. The van der Waals surface area contributed by atoms with Crippen LogP contribution in [0.2, 0.25) is 0 Å². The molecule has 1 aliphatic rings. The maximum atomic E-state index is 11.8. The van der Waals surface area contributed by atoms with E-state index >= 15 is 0 Å². The smallest absolute Gasteiger partial charge is 0.292 e. The van der Waals surface area contributed by atoms with Gasteiger partial charge in [-0.25, -0.2) is 18.2 Å². The first kappa shape index (κ1) is 15.7. The molecule has 18 heavy (non-hydrogen) atoms. The van der Waals surface area contributed by atoms with Gasteiger partial charge in [0.1, 0.15) is 0 Å². The van der Waals surface area contributed by atoms with E-state index in [0.717, 1.165) is 12.7 Å². The molecule has 1 unspecified atom stereocenters. The van der Waals surface area contributed by atoms with Gasteiger partial charge in [-0.1, -0.05) is 0 Å². The van der Waals surface area contributed by atoms with Gasteiger partial charge >= 0.3 is 6.18 Å². The number of piperidine rings is 1. The van der Waals surface area contributed by atoms with Crippen LogP contribution in [-0.4, -0.2) is 51.4 Å². The summed E-state index contributed by atoms with van der Waals surface area (Å²) in [6, 6.07) is 0. The molecule has 1 fully saturated rings. The van der Waals surface area contributed by atoms with Gasteiger partial charge in [0.15, 0.2) is 6.61 Å². The second kappa shape index (κ2) is 6.18. The predicted octanol–water partition coefficient (Wildman–Crippen LogP) is 0.741. The van der Waals surface area contributed by atoms with Crippen molar-refractivity contribution < 1.29 is 26.4 Å². The van der Waals surface area contributed by atoms with Crippen LogP contribution in [0.25, 0.3) is 0 Å². The number of nitrogens with one attached hydrogen (secondary N) is 1. The van der Waals surface area contributed by atoms with Gasteiger partial charge in [-0.15, -0.1) is 0 Å². The lowest BCUT2D eigenvalue weighted by Gasteiger charge is -2.30. The Balaban J connectivity index is 2.27. The Bertz CT molecular complexity index is 359. The largest absolute Gasteiger partial charge is 0.413 e. The van der Waals surface area contributed by atoms with Crippen LogP contribution in [0.4, 0.5) is 13.2 Å². The molecule has 0 aromatic rings. The zero-order valence-corrected chi connectivity index (χ0v) is 10.9. The van der Waals surface area contributed by atoms with Crippen molar-refractivity contribution in [2.24, 2.45) is 5.92 Å². The van der Waals surface area contributed by atoms with Gasteiger partial charge in [0.2, 0.25) is 10.0 Å². The number of hydroxylamine groups is 1. The molecule has 0 aromatic heterocycles. The van der Waals surface area contributed by atoms with Crippen molar-refractivity contribution in [2.75, 3.05) is 32.5 Å². The highest BCUT2D eigenvalue weighted by Crippen LogP contribution is 2.18. The standard InChI is InChI=1S/C9H17F3N2O3S/c1-18(15,16)14-4-2-3-8(6-14)5-13-17-7-9(10,11)12/h8,13H,2-7H2,1H3. The fourth-order valence-electron chi connectivity index (χ4n) is 1.80. The van der Waals surface area contributed by atoms with Crippen LogP contribution in [-0.2, 0) is 14.9 Å². The normalized spacial score (nSPS) is 23.2. The lowest BCUT2D eigenvalue weighted by atomic mass is 10.0. The summed E-state index contributed by atoms with van der Waals surface area (Å²) in [4.78, 5) is 4.28. The van der Waals surface area contributed by atoms with Crippen molar-refractivity contribution in [2.45, 2.75) is 19.0 Å². The third kappa shape index (κ3) is 5.98. The minimum Gasteiger partial charge on any atom is -0.292 e. The van der Waals surface area contributed by atoms with Crippen molar-refractivity contribution in [1.29, 1.82) is 0 Å².